The number of rotatable bonds is 7. The second kappa shape index (κ2) is 14.4. The van der Waals surface area contributed by atoms with Crippen LogP contribution in [-0.4, -0.2) is 53.2 Å². The summed E-state index contributed by atoms with van der Waals surface area (Å²) in [5.74, 6) is -3.12. The number of fused-ring (bicyclic) bond motifs is 8. The Morgan fingerprint density at radius 1 is 0.379 bits per heavy atom. The van der Waals surface area contributed by atoms with Crippen molar-refractivity contribution < 1.29 is 29.7 Å². The summed E-state index contributed by atoms with van der Waals surface area (Å²) >= 11 is 6.35. The van der Waals surface area contributed by atoms with E-state index in [1.54, 1.807) is 72.8 Å². The molecule has 0 saturated carbocycles. The Morgan fingerprint density at radius 3 is 0.862 bits per heavy atom. The lowest BCUT2D eigenvalue weighted by molar-refractivity contribution is 0.0686. The summed E-state index contributed by atoms with van der Waals surface area (Å²) in [6.07, 6.45) is 7.67. The van der Waals surface area contributed by atoms with Crippen LogP contribution in [0.1, 0.15) is 53.8 Å². The lowest BCUT2D eigenvalue weighted by atomic mass is 10.0. The molecule has 0 radical (unpaired) electrons. The number of halogens is 1. The third kappa shape index (κ3) is 6.53. The van der Waals surface area contributed by atoms with Crippen LogP contribution in [0, 0.1) is 0 Å². The topological polar surface area (TPSA) is 169 Å². The maximum atomic E-state index is 11.8. The van der Waals surface area contributed by atoms with Gasteiger partial charge in [-0.1, -0.05) is 60.1 Å². The number of nitrogens with one attached hydrogen (secondary N) is 2. The SMILES string of the molecule is O=C(O)c1ccc(-c2c3nc(c(-c4ccc(C(=O)O)cc4)c4ccc([nH]4)c(-c4ccc(C(=O)O)cc4)c4nc(c(-c5ccc(Cl)cc5)c5ccc2[nH]5)C=C4)C=C3)cc1. The lowest BCUT2D eigenvalue weighted by Gasteiger charge is -2.07. The molecular weight excluding hydrogens is 752 g/mol. The first-order valence-electron chi connectivity index (χ1n) is 18.0. The van der Waals surface area contributed by atoms with Gasteiger partial charge in [0, 0.05) is 49.3 Å². The van der Waals surface area contributed by atoms with E-state index in [0.717, 1.165) is 38.9 Å². The van der Waals surface area contributed by atoms with Crippen molar-refractivity contribution in [2.75, 3.05) is 0 Å². The number of H-pyrrole nitrogens is 2. The molecule has 3 aromatic heterocycles. The summed E-state index contributed by atoms with van der Waals surface area (Å²) in [6.45, 7) is 0. The molecule has 0 fully saturated rings. The number of aromatic nitrogens is 4. The molecule has 9 rings (SSSR count). The Morgan fingerprint density at radius 2 is 0.621 bits per heavy atom. The molecule has 0 aliphatic carbocycles. The Bertz CT molecular complexity index is 3010. The van der Waals surface area contributed by atoms with Crippen LogP contribution in [0.2, 0.25) is 5.02 Å². The minimum absolute atomic E-state index is 0.136. The smallest absolute Gasteiger partial charge is 0.335 e. The van der Waals surface area contributed by atoms with E-state index in [1.807, 2.05) is 72.8 Å². The Hall–Kier alpha value is -7.82. The molecule has 280 valence electrons. The molecule has 10 nitrogen and oxygen atoms in total. The van der Waals surface area contributed by atoms with Gasteiger partial charge in [0.1, 0.15) is 0 Å². The predicted octanol–water partition coefficient (Wildman–Crippen LogP) is 11.1. The molecule has 11 heteroatoms. The van der Waals surface area contributed by atoms with Crippen molar-refractivity contribution in [1.29, 1.82) is 0 Å². The van der Waals surface area contributed by atoms with E-state index in [1.165, 1.54) is 0 Å². The standard InChI is InChI=1S/C47H29ClN4O6/c48-32-15-13-28(14-16-32)44-39-23-21-37(51-39)42(26-3-9-30(10-4-26)46(55)56)35-19-17-33(49-35)41(25-1-7-29(8-2-25)45(53)54)34-18-20-36(50-34)43(38-22-24-40(44)52-38)27-5-11-31(12-6-27)47(57)58/h1-24,49,52H,(H,53,54)(H,55,56)(H,57,58). The Kier molecular flexibility index (Phi) is 8.87. The normalized spacial score (nSPS) is 11.8. The molecule has 0 amide bonds. The van der Waals surface area contributed by atoms with Crippen molar-refractivity contribution in [2.45, 2.75) is 0 Å². The maximum Gasteiger partial charge on any atom is 0.335 e. The van der Waals surface area contributed by atoms with Gasteiger partial charge in [-0.2, -0.15) is 0 Å². The van der Waals surface area contributed by atoms with Gasteiger partial charge in [-0.25, -0.2) is 24.4 Å². The van der Waals surface area contributed by atoms with Crippen LogP contribution in [0.25, 0.3) is 90.9 Å². The third-order valence-corrected chi connectivity index (χ3v) is 10.4. The van der Waals surface area contributed by atoms with Crippen molar-refractivity contribution in [1.82, 2.24) is 19.9 Å². The summed E-state index contributed by atoms with van der Waals surface area (Å²) < 4.78 is 0. The van der Waals surface area contributed by atoms with E-state index in [9.17, 15) is 29.7 Å². The van der Waals surface area contributed by atoms with Crippen LogP contribution >= 0.6 is 11.6 Å². The first-order chi connectivity index (χ1) is 28.1. The highest BCUT2D eigenvalue weighted by atomic mass is 35.5. The highest BCUT2D eigenvalue weighted by molar-refractivity contribution is 6.30. The zero-order valence-electron chi connectivity index (χ0n) is 30.2. The third-order valence-electron chi connectivity index (χ3n) is 10.1. The monoisotopic (exact) mass is 780 g/mol. The second-order valence-corrected chi connectivity index (χ2v) is 14.1. The average Bonchev–Trinajstić information content (AvgIpc) is 4.07. The zero-order valence-corrected chi connectivity index (χ0v) is 31.0. The van der Waals surface area contributed by atoms with E-state index in [-0.39, 0.29) is 16.7 Å². The predicted molar refractivity (Wildman–Crippen MR) is 226 cm³/mol. The molecule has 0 spiro atoms. The van der Waals surface area contributed by atoms with Crippen molar-refractivity contribution in [2.24, 2.45) is 0 Å². The Balaban J connectivity index is 1.44. The number of carbonyl (C=O) groups is 3. The second-order valence-electron chi connectivity index (χ2n) is 13.7. The van der Waals surface area contributed by atoms with E-state index < -0.39 is 17.9 Å². The van der Waals surface area contributed by atoms with Gasteiger partial charge in [-0.15, -0.1) is 0 Å². The van der Waals surface area contributed by atoms with Crippen LogP contribution in [0.15, 0.2) is 121 Å². The summed E-state index contributed by atoms with van der Waals surface area (Å²) in [7, 11) is 0. The van der Waals surface area contributed by atoms with Gasteiger partial charge in [0.2, 0.25) is 0 Å². The zero-order chi connectivity index (χ0) is 40.1. The average molecular weight is 781 g/mol. The number of carboxylic acid groups (broad SMARTS) is 3. The highest BCUT2D eigenvalue weighted by Crippen LogP contribution is 2.39. The van der Waals surface area contributed by atoms with Crippen molar-refractivity contribution in [3.05, 3.63) is 166 Å². The molecule has 5 heterocycles. The molecule has 7 aromatic rings. The van der Waals surface area contributed by atoms with Gasteiger partial charge in [0.15, 0.2) is 0 Å². The molecule has 4 aromatic carbocycles. The van der Waals surface area contributed by atoms with Gasteiger partial charge < -0.3 is 25.3 Å². The fraction of sp³-hybridized carbons (Fsp3) is 0. The van der Waals surface area contributed by atoms with E-state index in [4.69, 9.17) is 21.6 Å². The van der Waals surface area contributed by atoms with Crippen molar-refractivity contribution >= 4 is 75.9 Å². The van der Waals surface area contributed by atoms with E-state index in [0.29, 0.717) is 55.5 Å². The molecule has 0 unspecified atom stereocenters. The van der Waals surface area contributed by atoms with Gasteiger partial charge in [-0.3, -0.25) is 0 Å². The van der Waals surface area contributed by atoms with Crippen molar-refractivity contribution in [3.63, 3.8) is 0 Å². The van der Waals surface area contributed by atoms with Crippen LogP contribution < -0.4 is 0 Å². The lowest BCUT2D eigenvalue weighted by Crippen LogP contribution is -1.96. The molecule has 0 atom stereocenters. The molecule has 8 bridgehead atoms. The van der Waals surface area contributed by atoms with Crippen LogP contribution in [0.4, 0.5) is 0 Å². The van der Waals surface area contributed by atoms with Crippen molar-refractivity contribution in [3.8, 4) is 44.5 Å². The molecular formula is C47H29ClN4O6. The van der Waals surface area contributed by atoms with Crippen LogP contribution in [0.5, 0.6) is 0 Å². The fourth-order valence-corrected chi connectivity index (χ4v) is 7.50. The maximum absolute atomic E-state index is 11.8. The molecule has 2 aliphatic rings. The highest BCUT2D eigenvalue weighted by Gasteiger charge is 2.20. The molecule has 58 heavy (non-hydrogen) atoms. The Labute approximate surface area is 334 Å². The molecule has 0 saturated heterocycles. The van der Waals surface area contributed by atoms with Gasteiger partial charge in [0.25, 0.3) is 0 Å². The minimum Gasteiger partial charge on any atom is -0.478 e. The summed E-state index contributed by atoms with van der Waals surface area (Å²) in [5.41, 5.74) is 11.7. The number of hydrogen-bond acceptors (Lipinski definition) is 5. The molecule has 5 N–H and O–H groups in total. The largest absolute Gasteiger partial charge is 0.478 e. The van der Waals surface area contributed by atoms with Gasteiger partial charge in [-0.05, 0) is 119 Å². The van der Waals surface area contributed by atoms with E-state index in [2.05, 4.69) is 9.97 Å². The quantitative estimate of drug-likeness (QED) is 0.106. The van der Waals surface area contributed by atoms with Gasteiger partial charge in [0.05, 0.1) is 39.5 Å². The summed E-state index contributed by atoms with van der Waals surface area (Å²) in [5, 5.41) is 29.6. The fourth-order valence-electron chi connectivity index (χ4n) is 7.38. The summed E-state index contributed by atoms with van der Waals surface area (Å²) in [6, 6.07) is 35.1. The first kappa shape index (κ1) is 35.9. The number of hydrogen-bond donors (Lipinski definition) is 5. The van der Waals surface area contributed by atoms with Gasteiger partial charge >= 0.3 is 17.9 Å². The minimum atomic E-state index is -1.05. The number of aromatic carboxylic acids is 3. The number of nitrogens with zero attached hydrogens (tertiary/aromatic N) is 2. The number of benzene rings is 4. The number of carboxylic acids is 3. The van der Waals surface area contributed by atoms with Crippen LogP contribution in [0.3, 0.4) is 0 Å². The van der Waals surface area contributed by atoms with Crippen LogP contribution in [-0.2, 0) is 0 Å². The first-order valence-corrected chi connectivity index (χ1v) is 18.4. The molecule has 2 aliphatic heterocycles. The summed E-state index contributed by atoms with van der Waals surface area (Å²) in [4.78, 5) is 53.1. The van der Waals surface area contributed by atoms with E-state index >= 15 is 0 Å². The number of aromatic amines is 2.